The van der Waals surface area contributed by atoms with Crippen LogP contribution in [0.15, 0.2) is 0 Å². The predicted molar refractivity (Wildman–Crippen MR) is 77.6 cm³/mol. The van der Waals surface area contributed by atoms with Crippen LogP contribution in [0.4, 0.5) is 0 Å². The molecular formula is C16H26N2O. The Labute approximate surface area is 116 Å². The Morgan fingerprint density at radius 2 is 1.89 bits per heavy atom. The fourth-order valence-electron chi connectivity index (χ4n) is 3.33. The van der Waals surface area contributed by atoms with Crippen molar-refractivity contribution >= 4 is 5.78 Å². The fraction of sp³-hybridized carbons (Fsp3) is 0.750. The molecule has 0 aliphatic heterocycles. The van der Waals surface area contributed by atoms with E-state index in [1.807, 2.05) is 0 Å². The second kappa shape index (κ2) is 6.36. The van der Waals surface area contributed by atoms with E-state index in [1.54, 1.807) is 6.92 Å². The van der Waals surface area contributed by atoms with Gasteiger partial charge in [-0.3, -0.25) is 9.48 Å². The van der Waals surface area contributed by atoms with Crippen molar-refractivity contribution < 1.29 is 4.79 Å². The van der Waals surface area contributed by atoms with Crippen molar-refractivity contribution in [3.63, 3.8) is 0 Å². The van der Waals surface area contributed by atoms with Gasteiger partial charge in [0.05, 0.1) is 11.3 Å². The minimum Gasteiger partial charge on any atom is -0.294 e. The number of aromatic nitrogens is 2. The van der Waals surface area contributed by atoms with Gasteiger partial charge in [0.25, 0.3) is 0 Å². The minimum absolute atomic E-state index is 0.170. The number of hydrogen-bond acceptors (Lipinski definition) is 2. The summed E-state index contributed by atoms with van der Waals surface area (Å²) in [6, 6.07) is 0. The van der Waals surface area contributed by atoms with E-state index in [9.17, 15) is 4.79 Å². The first-order valence-electron chi connectivity index (χ1n) is 7.76. The lowest BCUT2D eigenvalue weighted by atomic mass is 9.89. The summed E-state index contributed by atoms with van der Waals surface area (Å²) in [7, 11) is 0. The zero-order valence-electron chi connectivity index (χ0n) is 12.5. The third-order valence-corrected chi connectivity index (χ3v) is 4.31. The molecule has 0 bridgehead atoms. The van der Waals surface area contributed by atoms with E-state index in [4.69, 9.17) is 5.10 Å². The van der Waals surface area contributed by atoms with E-state index in [2.05, 4.69) is 18.5 Å². The number of carbonyl (C=O) groups excluding carboxylic acids is 1. The summed E-state index contributed by atoms with van der Waals surface area (Å²) in [4.78, 5) is 11.9. The third-order valence-electron chi connectivity index (χ3n) is 4.31. The molecule has 1 aliphatic rings. The van der Waals surface area contributed by atoms with Crippen LogP contribution < -0.4 is 0 Å². The molecule has 3 nitrogen and oxygen atoms in total. The first-order chi connectivity index (χ1) is 9.17. The Morgan fingerprint density at radius 3 is 2.42 bits per heavy atom. The van der Waals surface area contributed by atoms with Crippen molar-refractivity contribution in [2.24, 2.45) is 5.92 Å². The third kappa shape index (κ3) is 3.07. The molecule has 0 atom stereocenters. The molecular weight excluding hydrogens is 236 g/mol. The van der Waals surface area contributed by atoms with Crippen LogP contribution in [-0.2, 0) is 19.4 Å². The van der Waals surface area contributed by atoms with E-state index >= 15 is 0 Å². The molecule has 0 aromatic carbocycles. The molecule has 1 aromatic heterocycles. The molecule has 106 valence electrons. The highest BCUT2D eigenvalue weighted by Gasteiger charge is 2.21. The maximum atomic E-state index is 11.9. The Kier molecular flexibility index (Phi) is 4.78. The van der Waals surface area contributed by atoms with Gasteiger partial charge in [0, 0.05) is 12.2 Å². The molecule has 0 spiro atoms. The molecule has 3 heteroatoms. The molecule has 19 heavy (non-hydrogen) atoms. The largest absolute Gasteiger partial charge is 0.294 e. The Balaban J connectivity index is 2.26. The van der Waals surface area contributed by atoms with E-state index in [0.29, 0.717) is 0 Å². The molecule has 1 saturated carbocycles. The normalized spacial score (nSPS) is 16.8. The summed E-state index contributed by atoms with van der Waals surface area (Å²) in [6.45, 7) is 6.88. The number of carbonyl (C=O) groups is 1. The van der Waals surface area contributed by atoms with Crippen LogP contribution in [0.5, 0.6) is 0 Å². The van der Waals surface area contributed by atoms with Crippen molar-refractivity contribution in [2.45, 2.75) is 72.3 Å². The number of Topliss-reactive ketones (excluding diaryl/α,β-unsaturated/α-hetero) is 1. The summed E-state index contributed by atoms with van der Waals surface area (Å²) >= 11 is 0. The first kappa shape index (κ1) is 14.3. The average molecular weight is 262 g/mol. The first-order valence-corrected chi connectivity index (χ1v) is 7.76. The molecule has 0 unspecified atom stereocenters. The van der Waals surface area contributed by atoms with Crippen LogP contribution >= 0.6 is 0 Å². The maximum Gasteiger partial charge on any atom is 0.163 e. The lowest BCUT2D eigenvalue weighted by molar-refractivity contribution is 0.101. The molecule has 2 rings (SSSR count). The summed E-state index contributed by atoms with van der Waals surface area (Å²) in [5.74, 6) is 0.923. The Bertz CT molecular complexity index is 442. The van der Waals surface area contributed by atoms with Crippen molar-refractivity contribution in [1.82, 2.24) is 9.78 Å². The van der Waals surface area contributed by atoms with Crippen molar-refractivity contribution in [1.29, 1.82) is 0 Å². The van der Waals surface area contributed by atoms with Crippen molar-refractivity contribution in [3.05, 3.63) is 17.0 Å². The summed E-state index contributed by atoms with van der Waals surface area (Å²) in [5.41, 5.74) is 3.02. The number of hydrogen-bond donors (Lipinski definition) is 0. The van der Waals surface area contributed by atoms with Crippen LogP contribution in [-0.4, -0.2) is 15.6 Å². The van der Waals surface area contributed by atoms with Crippen LogP contribution in [0.25, 0.3) is 0 Å². The highest BCUT2D eigenvalue weighted by atomic mass is 16.1. The van der Waals surface area contributed by atoms with Crippen LogP contribution in [0.1, 0.15) is 74.6 Å². The Morgan fingerprint density at radius 1 is 1.21 bits per heavy atom. The number of rotatable bonds is 5. The lowest BCUT2D eigenvalue weighted by Gasteiger charge is -2.22. The SMILES string of the molecule is CCc1nn(CC2CCCCC2)c(CC)c1C(C)=O. The fourth-order valence-corrected chi connectivity index (χ4v) is 3.33. The van der Waals surface area contributed by atoms with Crippen LogP contribution in [0.3, 0.4) is 0 Å². The molecule has 1 fully saturated rings. The van der Waals surface area contributed by atoms with Gasteiger partial charge in [-0.2, -0.15) is 5.10 Å². The van der Waals surface area contributed by atoms with E-state index < -0.39 is 0 Å². The number of ketones is 1. The topological polar surface area (TPSA) is 34.9 Å². The van der Waals surface area contributed by atoms with Crippen molar-refractivity contribution in [3.8, 4) is 0 Å². The van der Waals surface area contributed by atoms with Crippen LogP contribution in [0.2, 0.25) is 0 Å². The smallest absolute Gasteiger partial charge is 0.163 e. The predicted octanol–water partition coefficient (Wildman–Crippen LogP) is 3.79. The molecule has 1 aliphatic carbocycles. The van der Waals surface area contributed by atoms with Gasteiger partial charge in [-0.1, -0.05) is 33.1 Å². The van der Waals surface area contributed by atoms with Gasteiger partial charge in [0.1, 0.15) is 0 Å². The van der Waals surface area contributed by atoms with Gasteiger partial charge in [0.15, 0.2) is 5.78 Å². The Hall–Kier alpha value is -1.12. The lowest BCUT2D eigenvalue weighted by Crippen LogP contribution is -2.17. The average Bonchev–Trinajstić information content (AvgIpc) is 2.77. The zero-order valence-corrected chi connectivity index (χ0v) is 12.5. The monoisotopic (exact) mass is 262 g/mol. The molecule has 1 aromatic rings. The van der Waals surface area contributed by atoms with E-state index in [0.717, 1.165) is 42.3 Å². The molecule has 0 amide bonds. The zero-order chi connectivity index (χ0) is 13.8. The summed E-state index contributed by atoms with van der Waals surface area (Å²) in [6.07, 6.45) is 8.48. The van der Waals surface area contributed by atoms with Gasteiger partial charge in [-0.25, -0.2) is 0 Å². The molecule has 1 heterocycles. The van der Waals surface area contributed by atoms with E-state index in [-0.39, 0.29) is 5.78 Å². The quantitative estimate of drug-likeness (QED) is 0.757. The van der Waals surface area contributed by atoms with Gasteiger partial charge < -0.3 is 0 Å². The minimum atomic E-state index is 0.170. The van der Waals surface area contributed by atoms with Crippen LogP contribution in [0, 0.1) is 5.92 Å². The maximum absolute atomic E-state index is 11.9. The van der Waals surface area contributed by atoms with Crippen molar-refractivity contribution in [2.75, 3.05) is 0 Å². The summed E-state index contributed by atoms with van der Waals surface area (Å²) in [5, 5.41) is 4.71. The molecule has 0 saturated heterocycles. The highest BCUT2D eigenvalue weighted by molar-refractivity contribution is 5.96. The second-order valence-corrected chi connectivity index (χ2v) is 5.72. The highest BCUT2D eigenvalue weighted by Crippen LogP contribution is 2.26. The number of nitrogens with zero attached hydrogens (tertiary/aromatic N) is 2. The van der Waals surface area contributed by atoms with Gasteiger partial charge in [-0.05, 0) is 38.5 Å². The standard InChI is InChI=1S/C16H26N2O/c1-4-14-16(12(3)19)15(5-2)18(17-14)11-13-9-7-6-8-10-13/h13H,4-11H2,1-3H3. The number of aryl methyl sites for hydroxylation is 1. The molecule has 0 radical (unpaired) electrons. The van der Waals surface area contributed by atoms with Gasteiger partial charge >= 0.3 is 0 Å². The summed E-state index contributed by atoms with van der Waals surface area (Å²) < 4.78 is 2.13. The van der Waals surface area contributed by atoms with Gasteiger partial charge in [-0.15, -0.1) is 0 Å². The van der Waals surface area contributed by atoms with Gasteiger partial charge in [0.2, 0.25) is 0 Å². The second-order valence-electron chi connectivity index (χ2n) is 5.72. The van der Waals surface area contributed by atoms with E-state index in [1.165, 1.54) is 32.1 Å². The molecule has 0 N–H and O–H groups in total.